The third-order valence-electron chi connectivity index (χ3n) is 3.83. The summed E-state index contributed by atoms with van der Waals surface area (Å²) < 4.78 is 70.2. The van der Waals surface area contributed by atoms with Crippen LogP contribution >= 0.6 is 0 Å². The van der Waals surface area contributed by atoms with E-state index in [0.29, 0.717) is 18.5 Å². The summed E-state index contributed by atoms with van der Waals surface area (Å²) in [5.41, 5.74) is -0.820. The Morgan fingerprint density at radius 1 is 1.19 bits per heavy atom. The van der Waals surface area contributed by atoms with Crippen LogP contribution in [0.1, 0.15) is 18.7 Å². The number of fused-ring (bicyclic) bond motifs is 1. The number of alkyl halides is 4. The number of rotatable bonds is 4. The van der Waals surface area contributed by atoms with Gasteiger partial charge >= 0.3 is 6.18 Å². The highest BCUT2D eigenvalue weighted by atomic mass is 19.4. The van der Waals surface area contributed by atoms with Gasteiger partial charge in [-0.1, -0.05) is 0 Å². The van der Waals surface area contributed by atoms with Crippen molar-refractivity contribution < 1.29 is 26.7 Å². The summed E-state index contributed by atoms with van der Waals surface area (Å²) in [5, 5.41) is 11.8. The fraction of sp³-hybridized carbons (Fsp3) is 0.333. The zero-order valence-corrected chi connectivity index (χ0v) is 13.0. The maximum absolute atomic E-state index is 14.3. The lowest BCUT2D eigenvalue weighted by Crippen LogP contribution is -2.20. The second-order valence-corrected chi connectivity index (χ2v) is 5.89. The average Bonchev–Trinajstić information content (AvgIpc) is 3.18. The van der Waals surface area contributed by atoms with Crippen molar-refractivity contribution >= 4 is 5.65 Å². The molecule has 3 aromatic heterocycles. The normalized spacial score (nSPS) is 16.0. The highest BCUT2D eigenvalue weighted by Crippen LogP contribution is 2.48. The van der Waals surface area contributed by atoms with Crippen LogP contribution in [0.2, 0.25) is 0 Å². The second-order valence-electron chi connectivity index (χ2n) is 5.89. The zero-order chi connectivity index (χ0) is 18.5. The van der Waals surface area contributed by atoms with Crippen molar-refractivity contribution in [1.82, 2.24) is 24.8 Å². The van der Waals surface area contributed by atoms with Crippen molar-refractivity contribution in [2.75, 3.05) is 6.61 Å². The molecule has 0 spiro atoms. The van der Waals surface area contributed by atoms with E-state index in [9.17, 15) is 22.0 Å². The van der Waals surface area contributed by atoms with Crippen LogP contribution < -0.4 is 4.74 Å². The molecule has 4 rings (SSSR count). The number of aromatic nitrogens is 5. The van der Waals surface area contributed by atoms with E-state index in [1.54, 1.807) is 0 Å². The van der Waals surface area contributed by atoms with Gasteiger partial charge in [0.25, 0.3) is 5.88 Å². The Bertz CT molecular complexity index is 982. The number of nitrogens with zero attached hydrogens (tertiary/aromatic N) is 5. The molecule has 1 aliphatic carbocycles. The molecule has 0 unspecified atom stereocenters. The lowest BCUT2D eigenvalue weighted by molar-refractivity contribution is -0.154. The summed E-state index contributed by atoms with van der Waals surface area (Å²) in [5.74, 6) is -1.77. The van der Waals surface area contributed by atoms with E-state index >= 15 is 0 Å². The van der Waals surface area contributed by atoms with Crippen LogP contribution in [0.3, 0.4) is 0 Å². The number of hydrogen-bond acceptors (Lipinski definition) is 5. The zero-order valence-electron chi connectivity index (χ0n) is 13.0. The van der Waals surface area contributed by atoms with Gasteiger partial charge in [-0.15, -0.1) is 10.2 Å². The van der Waals surface area contributed by atoms with Gasteiger partial charge in [-0.2, -0.15) is 22.8 Å². The monoisotopic (exact) mass is 371 g/mol. The second kappa shape index (κ2) is 5.58. The van der Waals surface area contributed by atoms with Crippen molar-refractivity contribution in [3.63, 3.8) is 0 Å². The first-order valence-corrected chi connectivity index (χ1v) is 7.52. The van der Waals surface area contributed by atoms with E-state index in [4.69, 9.17) is 0 Å². The van der Waals surface area contributed by atoms with Crippen LogP contribution in [0.15, 0.2) is 24.4 Å². The fourth-order valence-corrected chi connectivity index (χ4v) is 2.38. The van der Waals surface area contributed by atoms with Gasteiger partial charge in [0.2, 0.25) is 0 Å². The molecule has 3 heterocycles. The van der Waals surface area contributed by atoms with Crippen molar-refractivity contribution in [3.05, 3.63) is 36.0 Å². The molecular formula is C15H10F5N5O. The number of pyridine rings is 1. The molecular weight excluding hydrogens is 361 g/mol. The first-order valence-electron chi connectivity index (χ1n) is 7.52. The van der Waals surface area contributed by atoms with E-state index in [2.05, 4.69) is 25.0 Å². The van der Waals surface area contributed by atoms with Crippen molar-refractivity contribution in [1.29, 1.82) is 0 Å². The van der Waals surface area contributed by atoms with Gasteiger partial charge < -0.3 is 4.74 Å². The quantitative estimate of drug-likeness (QED) is 0.659. The van der Waals surface area contributed by atoms with Gasteiger partial charge in [0, 0.05) is 11.8 Å². The standard InChI is InChI=1S/C15H10F5N5O/c16-9-5-8(6-21-12(9)26-7-15(18,19)20)10-1-2-11-22-23-13(25(11)24-10)14(17)3-4-14/h1-2,5-6H,3-4,7H2. The molecule has 1 fully saturated rings. The maximum Gasteiger partial charge on any atom is 0.422 e. The molecule has 0 N–H and O–H groups in total. The highest BCUT2D eigenvalue weighted by Gasteiger charge is 2.49. The summed E-state index contributed by atoms with van der Waals surface area (Å²) in [6.45, 7) is -1.65. The molecule has 0 radical (unpaired) electrons. The average molecular weight is 371 g/mol. The van der Waals surface area contributed by atoms with Crippen LogP contribution in [0.5, 0.6) is 5.88 Å². The minimum Gasteiger partial charge on any atom is -0.466 e. The molecule has 0 aliphatic heterocycles. The van der Waals surface area contributed by atoms with Crippen LogP contribution in [-0.2, 0) is 5.67 Å². The minimum atomic E-state index is -4.60. The number of hydrogen-bond donors (Lipinski definition) is 0. The molecule has 1 aliphatic rings. The lowest BCUT2D eigenvalue weighted by atomic mass is 10.2. The predicted octanol–water partition coefficient (Wildman–Crippen LogP) is 3.23. The largest absolute Gasteiger partial charge is 0.466 e. The third kappa shape index (κ3) is 3.04. The first-order chi connectivity index (χ1) is 12.3. The van der Waals surface area contributed by atoms with Gasteiger partial charge in [0.15, 0.2) is 29.6 Å². The van der Waals surface area contributed by atoms with E-state index < -0.39 is 30.1 Å². The first kappa shape index (κ1) is 16.6. The Labute approximate surface area is 142 Å². The molecule has 26 heavy (non-hydrogen) atoms. The Balaban J connectivity index is 1.66. The van der Waals surface area contributed by atoms with Crippen LogP contribution in [0.25, 0.3) is 16.9 Å². The number of ether oxygens (including phenoxy) is 1. The Morgan fingerprint density at radius 3 is 2.62 bits per heavy atom. The minimum absolute atomic E-state index is 0.0629. The van der Waals surface area contributed by atoms with Gasteiger partial charge in [0.05, 0.1) is 5.69 Å². The van der Waals surface area contributed by atoms with E-state index in [-0.39, 0.29) is 17.1 Å². The van der Waals surface area contributed by atoms with Gasteiger partial charge in [0.1, 0.15) is 0 Å². The molecule has 1 saturated carbocycles. The smallest absolute Gasteiger partial charge is 0.422 e. The molecule has 3 aromatic rings. The topological polar surface area (TPSA) is 65.2 Å². The Morgan fingerprint density at radius 2 is 1.96 bits per heavy atom. The summed E-state index contributed by atoms with van der Waals surface area (Å²) in [7, 11) is 0. The molecule has 0 aromatic carbocycles. The van der Waals surface area contributed by atoms with Crippen molar-refractivity contribution in [3.8, 4) is 17.1 Å². The molecule has 0 atom stereocenters. The molecule has 0 saturated heterocycles. The molecule has 11 heteroatoms. The summed E-state index contributed by atoms with van der Waals surface area (Å²) in [4.78, 5) is 3.56. The Hall–Kier alpha value is -2.85. The fourth-order valence-electron chi connectivity index (χ4n) is 2.38. The van der Waals surface area contributed by atoms with Gasteiger partial charge in [-0.3, -0.25) is 0 Å². The van der Waals surface area contributed by atoms with Crippen molar-refractivity contribution in [2.45, 2.75) is 24.7 Å². The molecule has 136 valence electrons. The molecule has 0 amide bonds. The van der Waals surface area contributed by atoms with Crippen LogP contribution in [0, 0.1) is 5.82 Å². The molecule has 6 nitrogen and oxygen atoms in total. The van der Waals surface area contributed by atoms with Crippen molar-refractivity contribution in [2.24, 2.45) is 0 Å². The SMILES string of the molecule is Fc1cc(-c2ccc3nnc(C4(F)CC4)n3n2)cnc1OCC(F)(F)F. The maximum atomic E-state index is 14.3. The van der Waals surface area contributed by atoms with E-state index in [0.717, 1.165) is 12.3 Å². The third-order valence-corrected chi connectivity index (χ3v) is 3.83. The van der Waals surface area contributed by atoms with Gasteiger partial charge in [-0.25, -0.2) is 13.8 Å². The predicted molar refractivity (Wildman–Crippen MR) is 77.5 cm³/mol. The summed E-state index contributed by atoms with van der Waals surface area (Å²) >= 11 is 0. The lowest BCUT2D eigenvalue weighted by Gasteiger charge is -2.10. The van der Waals surface area contributed by atoms with Crippen LogP contribution in [-0.4, -0.2) is 37.6 Å². The van der Waals surface area contributed by atoms with E-state index in [1.807, 2.05) is 0 Å². The summed E-state index contributed by atoms with van der Waals surface area (Å²) in [6.07, 6.45) is -2.84. The van der Waals surface area contributed by atoms with Crippen LogP contribution in [0.4, 0.5) is 22.0 Å². The van der Waals surface area contributed by atoms with Gasteiger partial charge in [-0.05, 0) is 31.0 Å². The number of halogens is 5. The highest BCUT2D eigenvalue weighted by molar-refractivity contribution is 5.59. The van der Waals surface area contributed by atoms with E-state index in [1.165, 1.54) is 16.6 Å². The Kier molecular flexibility index (Phi) is 3.56. The molecule has 0 bridgehead atoms. The summed E-state index contributed by atoms with van der Waals surface area (Å²) in [6, 6.07) is 3.97.